The molecule has 2 aromatic carbocycles. The first-order chi connectivity index (χ1) is 15.0. The molecule has 7 heteroatoms. The molecule has 164 valence electrons. The van der Waals surface area contributed by atoms with Gasteiger partial charge in [0.2, 0.25) is 0 Å². The Balaban J connectivity index is 1.44. The van der Waals surface area contributed by atoms with E-state index in [1.165, 1.54) is 19.1 Å². The van der Waals surface area contributed by atoms with Crippen molar-refractivity contribution in [1.82, 2.24) is 10.1 Å². The summed E-state index contributed by atoms with van der Waals surface area (Å²) >= 11 is 0. The molecule has 0 N–H and O–H groups in total. The zero-order valence-corrected chi connectivity index (χ0v) is 18.1. The van der Waals surface area contributed by atoms with Gasteiger partial charge >= 0.3 is 0 Å². The number of ketones is 1. The van der Waals surface area contributed by atoms with E-state index in [0.717, 1.165) is 43.4 Å². The minimum Gasteiger partial charge on any atom is -0.493 e. The maximum absolute atomic E-state index is 13.4. The van der Waals surface area contributed by atoms with Crippen LogP contribution >= 0.6 is 0 Å². The van der Waals surface area contributed by atoms with E-state index in [9.17, 15) is 9.18 Å². The smallest absolute Gasteiger partial charge is 0.170 e. The minimum atomic E-state index is -0.320. The van der Waals surface area contributed by atoms with Crippen LogP contribution in [-0.2, 0) is 0 Å². The van der Waals surface area contributed by atoms with Crippen LogP contribution in [0.5, 0.6) is 11.5 Å². The van der Waals surface area contributed by atoms with Crippen molar-refractivity contribution in [3.05, 3.63) is 53.5 Å². The summed E-state index contributed by atoms with van der Waals surface area (Å²) in [6, 6.07) is 9.85. The Bertz CT molecular complexity index is 1070. The van der Waals surface area contributed by atoms with Crippen molar-refractivity contribution in [1.29, 1.82) is 0 Å². The van der Waals surface area contributed by atoms with Gasteiger partial charge in [-0.3, -0.25) is 9.69 Å². The molecule has 6 nitrogen and oxygen atoms in total. The van der Waals surface area contributed by atoms with Crippen LogP contribution in [0.1, 0.15) is 55.1 Å². The van der Waals surface area contributed by atoms with Gasteiger partial charge in [-0.05, 0) is 56.5 Å². The number of benzene rings is 2. The standard InChI is InChI=1S/C24H27FN2O4/c1-4-23(30-20-8-5-17(15(2)28)13-22(20)29-3)27-11-9-16(10-12-27)24-19-7-6-18(25)14-21(19)31-26-24/h5-8,13-14,16,23H,4,9-12H2,1-3H3. The fourth-order valence-electron chi connectivity index (χ4n) is 4.23. The Kier molecular flexibility index (Phi) is 6.23. The van der Waals surface area contributed by atoms with Crippen molar-refractivity contribution in [3.63, 3.8) is 0 Å². The van der Waals surface area contributed by atoms with E-state index in [1.807, 2.05) is 0 Å². The molecule has 0 aliphatic carbocycles. The van der Waals surface area contributed by atoms with Crippen LogP contribution in [0, 0.1) is 5.82 Å². The van der Waals surface area contributed by atoms with E-state index in [1.54, 1.807) is 31.4 Å². The summed E-state index contributed by atoms with van der Waals surface area (Å²) in [5.74, 6) is 1.12. The van der Waals surface area contributed by atoms with Gasteiger partial charge in [0.15, 0.2) is 29.1 Å². The highest BCUT2D eigenvalue weighted by Crippen LogP contribution is 2.35. The van der Waals surface area contributed by atoms with E-state index in [-0.39, 0.29) is 23.7 Å². The second-order valence-electron chi connectivity index (χ2n) is 7.92. The number of ether oxygens (including phenoxy) is 2. The number of piperidine rings is 1. The molecule has 1 aliphatic rings. The quantitative estimate of drug-likeness (QED) is 0.486. The Morgan fingerprint density at radius 3 is 2.68 bits per heavy atom. The summed E-state index contributed by atoms with van der Waals surface area (Å²) in [6.45, 7) is 5.33. The van der Waals surface area contributed by atoms with Crippen molar-refractivity contribution in [2.24, 2.45) is 0 Å². The molecule has 1 aromatic heterocycles. The highest BCUT2D eigenvalue weighted by Gasteiger charge is 2.29. The molecule has 1 fully saturated rings. The SMILES string of the molecule is CCC(Oc1ccc(C(C)=O)cc1OC)N1CCC(c2noc3cc(F)ccc23)CC1. The molecule has 0 bridgehead atoms. The molecule has 31 heavy (non-hydrogen) atoms. The van der Waals surface area contributed by atoms with Crippen LogP contribution in [0.25, 0.3) is 11.0 Å². The topological polar surface area (TPSA) is 64.8 Å². The molecule has 1 saturated heterocycles. The fourth-order valence-corrected chi connectivity index (χ4v) is 4.23. The summed E-state index contributed by atoms with van der Waals surface area (Å²) in [6.07, 6.45) is 2.55. The number of likely N-dealkylation sites (tertiary alicyclic amines) is 1. The van der Waals surface area contributed by atoms with Gasteiger partial charge in [-0.1, -0.05) is 12.1 Å². The van der Waals surface area contributed by atoms with E-state index >= 15 is 0 Å². The fraction of sp³-hybridized carbons (Fsp3) is 0.417. The number of fused-ring (bicyclic) bond motifs is 1. The molecule has 2 heterocycles. The van der Waals surface area contributed by atoms with Crippen LogP contribution in [0.15, 0.2) is 40.9 Å². The number of Topliss-reactive ketones (excluding diaryl/α,β-unsaturated/α-hetero) is 1. The van der Waals surface area contributed by atoms with Crippen LogP contribution in [0.3, 0.4) is 0 Å². The first kappa shape index (κ1) is 21.3. The number of carbonyl (C=O) groups excluding carboxylic acids is 1. The summed E-state index contributed by atoms with van der Waals surface area (Å²) in [7, 11) is 1.58. The molecular formula is C24H27FN2O4. The van der Waals surface area contributed by atoms with Gasteiger partial charge < -0.3 is 14.0 Å². The third-order valence-corrected chi connectivity index (χ3v) is 5.97. The zero-order valence-electron chi connectivity index (χ0n) is 18.1. The normalized spacial score (nSPS) is 16.4. The first-order valence-corrected chi connectivity index (χ1v) is 10.6. The third kappa shape index (κ3) is 4.42. The number of methoxy groups -OCH3 is 1. The Labute approximate surface area is 180 Å². The largest absolute Gasteiger partial charge is 0.493 e. The molecule has 4 rings (SSSR count). The van der Waals surface area contributed by atoms with Gasteiger partial charge in [0.1, 0.15) is 5.82 Å². The lowest BCUT2D eigenvalue weighted by Crippen LogP contribution is -2.43. The van der Waals surface area contributed by atoms with Gasteiger partial charge in [-0.25, -0.2) is 4.39 Å². The number of rotatable bonds is 7. The second-order valence-corrected chi connectivity index (χ2v) is 7.92. The van der Waals surface area contributed by atoms with Crippen molar-refractivity contribution < 1.29 is 23.2 Å². The third-order valence-electron chi connectivity index (χ3n) is 5.97. The highest BCUT2D eigenvalue weighted by atomic mass is 19.1. The predicted molar refractivity (Wildman–Crippen MR) is 115 cm³/mol. The predicted octanol–water partition coefficient (Wildman–Crippen LogP) is 5.17. The van der Waals surface area contributed by atoms with Crippen molar-refractivity contribution in [3.8, 4) is 11.5 Å². The molecule has 3 aromatic rings. The van der Waals surface area contributed by atoms with E-state index < -0.39 is 0 Å². The molecule has 0 radical (unpaired) electrons. The molecule has 1 aliphatic heterocycles. The number of hydrogen-bond donors (Lipinski definition) is 0. The number of aromatic nitrogens is 1. The Morgan fingerprint density at radius 2 is 2.00 bits per heavy atom. The maximum Gasteiger partial charge on any atom is 0.170 e. The van der Waals surface area contributed by atoms with E-state index in [0.29, 0.717) is 22.6 Å². The molecular weight excluding hydrogens is 399 g/mol. The minimum absolute atomic E-state index is 0.0120. The molecule has 0 spiro atoms. The lowest BCUT2D eigenvalue weighted by Gasteiger charge is -2.36. The zero-order chi connectivity index (χ0) is 22.0. The number of hydrogen-bond acceptors (Lipinski definition) is 6. The highest BCUT2D eigenvalue weighted by molar-refractivity contribution is 5.94. The Hall–Kier alpha value is -2.93. The lowest BCUT2D eigenvalue weighted by molar-refractivity contribution is 0.00432. The summed E-state index contributed by atoms with van der Waals surface area (Å²) < 4.78 is 30.5. The first-order valence-electron chi connectivity index (χ1n) is 10.6. The average molecular weight is 426 g/mol. The molecule has 0 saturated carbocycles. The van der Waals surface area contributed by atoms with Crippen LogP contribution in [-0.4, -0.2) is 42.3 Å². The summed E-state index contributed by atoms with van der Waals surface area (Å²) in [4.78, 5) is 14.0. The summed E-state index contributed by atoms with van der Waals surface area (Å²) in [5.41, 5.74) is 2.00. The van der Waals surface area contributed by atoms with Gasteiger partial charge in [0.05, 0.1) is 12.8 Å². The molecule has 1 unspecified atom stereocenters. The van der Waals surface area contributed by atoms with Gasteiger partial charge in [-0.2, -0.15) is 0 Å². The van der Waals surface area contributed by atoms with Crippen LogP contribution in [0.4, 0.5) is 4.39 Å². The lowest BCUT2D eigenvalue weighted by atomic mass is 9.91. The van der Waals surface area contributed by atoms with Crippen LogP contribution < -0.4 is 9.47 Å². The van der Waals surface area contributed by atoms with Gasteiger partial charge in [-0.15, -0.1) is 0 Å². The van der Waals surface area contributed by atoms with Crippen LogP contribution in [0.2, 0.25) is 0 Å². The summed E-state index contributed by atoms with van der Waals surface area (Å²) in [5, 5.41) is 5.11. The van der Waals surface area contributed by atoms with E-state index in [2.05, 4.69) is 17.0 Å². The number of halogens is 1. The molecule has 0 amide bonds. The van der Waals surface area contributed by atoms with Crippen molar-refractivity contribution in [2.75, 3.05) is 20.2 Å². The van der Waals surface area contributed by atoms with Gasteiger partial charge in [0, 0.05) is 36.0 Å². The maximum atomic E-state index is 13.4. The monoisotopic (exact) mass is 426 g/mol. The van der Waals surface area contributed by atoms with E-state index in [4.69, 9.17) is 14.0 Å². The van der Waals surface area contributed by atoms with Crippen molar-refractivity contribution >= 4 is 16.8 Å². The average Bonchev–Trinajstić information content (AvgIpc) is 3.20. The van der Waals surface area contributed by atoms with Crippen molar-refractivity contribution in [2.45, 2.75) is 45.3 Å². The number of nitrogens with zero attached hydrogens (tertiary/aromatic N) is 2. The Morgan fingerprint density at radius 1 is 1.23 bits per heavy atom. The number of carbonyl (C=O) groups is 1. The van der Waals surface area contributed by atoms with Gasteiger partial charge in [0.25, 0.3) is 0 Å². The molecule has 1 atom stereocenters. The second kappa shape index (κ2) is 9.06.